The first-order valence-electron chi connectivity index (χ1n) is 6.68. The second-order valence-corrected chi connectivity index (χ2v) is 4.61. The molecular weight excluding hydrogens is 286 g/mol. The van der Waals surface area contributed by atoms with E-state index in [1.165, 1.54) is 6.20 Å². The Kier molecular flexibility index (Phi) is 3.38. The van der Waals surface area contributed by atoms with Crippen LogP contribution >= 0.6 is 0 Å². The zero-order valence-corrected chi connectivity index (χ0v) is 11.8. The second-order valence-electron chi connectivity index (χ2n) is 4.61. The number of carbonyl (C=O) groups is 1. The number of hydrogen-bond acceptors (Lipinski definition) is 4. The van der Waals surface area contributed by atoms with E-state index in [9.17, 15) is 9.59 Å². The number of nitrogens with zero attached hydrogens (tertiary/aromatic N) is 3. The van der Waals surface area contributed by atoms with Crippen LogP contribution in [0, 0.1) is 0 Å². The molecule has 3 aromatic rings. The zero-order valence-electron chi connectivity index (χ0n) is 11.8. The lowest BCUT2D eigenvalue weighted by atomic mass is 10.2. The van der Waals surface area contributed by atoms with Crippen molar-refractivity contribution in [3.63, 3.8) is 0 Å². The minimum Gasteiger partial charge on any atom is -0.449 e. The molecule has 0 bridgehead atoms. The molecule has 0 aliphatic carbocycles. The van der Waals surface area contributed by atoms with Crippen LogP contribution in [0.25, 0.3) is 16.9 Å². The van der Waals surface area contributed by atoms with E-state index in [2.05, 4.69) is 9.72 Å². The molecule has 0 unspecified atom stereocenters. The van der Waals surface area contributed by atoms with Gasteiger partial charge in [-0.3, -0.25) is 4.79 Å². The summed E-state index contributed by atoms with van der Waals surface area (Å²) >= 11 is 0. The molecule has 22 heavy (non-hydrogen) atoms. The van der Waals surface area contributed by atoms with E-state index >= 15 is 0 Å². The summed E-state index contributed by atoms with van der Waals surface area (Å²) in [5.74, 6) is 0.448. The Bertz CT molecular complexity index is 897. The second kappa shape index (κ2) is 5.36. The van der Waals surface area contributed by atoms with Gasteiger partial charge in [-0.25, -0.2) is 9.78 Å². The Morgan fingerprint density at radius 2 is 2.05 bits per heavy atom. The fourth-order valence-electron chi connectivity index (χ4n) is 2.27. The summed E-state index contributed by atoms with van der Waals surface area (Å²) in [5.41, 5.74) is -0.00917. The summed E-state index contributed by atoms with van der Waals surface area (Å²) in [6.45, 7) is 2.40. The van der Waals surface area contributed by atoms with E-state index in [1.54, 1.807) is 16.7 Å². The quantitative estimate of drug-likeness (QED) is 0.750. The minimum atomic E-state index is -1.52. The Balaban J connectivity index is 2.25. The molecule has 0 saturated heterocycles. The minimum absolute atomic E-state index is 0.225. The molecule has 0 aliphatic rings. The van der Waals surface area contributed by atoms with Gasteiger partial charge in [0.1, 0.15) is 11.5 Å². The summed E-state index contributed by atoms with van der Waals surface area (Å²) in [6.07, 6.45) is 3.55. The van der Waals surface area contributed by atoms with Crippen molar-refractivity contribution in [3.8, 4) is 11.6 Å². The van der Waals surface area contributed by atoms with E-state index in [0.717, 1.165) is 0 Å². The highest BCUT2D eigenvalue weighted by atomic mass is 16.7. The topological polar surface area (TPSA) is 86.4 Å². The highest BCUT2D eigenvalue weighted by Crippen LogP contribution is 2.16. The maximum Gasteiger partial charge on any atom is 0.511 e. The third kappa shape index (κ3) is 2.32. The predicted molar refractivity (Wildman–Crippen MR) is 79.7 cm³/mol. The Hall–Kier alpha value is -3.09. The molecule has 0 aliphatic heterocycles. The fourth-order valence-corrected chi connectivity index (χ4v) is 2.27. The van der Waals surface area contributed by atoms with Crippen LogP contribution in [-0.2, 0) is 6.54 Å². The molecule has 3 heterocycles. The maximum absolute atomic E-state index is 12.3. The van der Waals surface area contributed by atoms with Crippen LogP contribution in [0.15, 0.2) is 47.7 Å². The molecule has 0 radical (unpaired) electrons. The van der Waals surface area contributed by atoms with Crippen molar-refractivity contribution < 1.29 is 14.6 Å². The van der Waals surface area contributed by atoms with Gasteiger partial charge in [0, 0.05) is 18.9 Å². The Morgan fingerprint density at radius 1 is 1.32 bits per heavy atom. The molecule has 0 aromatic carbocycles. The molecule has 0 saturated carbocycles. The van der Waals surface area contributed by atoms with Crippen molar-refractivity contribution in [2.75, 3.05) is 0 Å². The molecule has 0 atom stereocenters. The molecule has 7 heteroatoms. The Labute approximate surface area is 125 Å². The summed E-state index contributed by atoms with van der Waals surface area (Å²) in [4.78, 5) is 27.5. The predicted octanol–water partition coefficient (Wildman–Crippen LogP) is 2.26. The highest BCUT2D eigenvalue weighted by molar-refractivity contribution is 5.78. The van der Waals surface area contributed by atoms with Gasteiger partial charge in [-0.05, 0) is 31.2 Å². The number of rotatable bonds is 3. The standard InChI is InChI=1S/C15H13N3O4/c1-2-17-9-11(22-15(20)21)13(19)10-5-6-12(16-14(10)17)18-7-3-4-8-18/h3-9H,2H2,1H3,(H,20,21). The largest absolute Gasteiger partial charge is 0.511 e. The van der Waals surface area contributed by atoms with Crippen molar-refractivity contribution in [2.24, 2.45) is 0 Å². The number of hydrogen-bond donors (Lipinski definition) is 1. The number of aromatic nitrogens is 3. The number of aryl methyl sites for hydroxylation is 1. The molecule has 3 aromatic heterocycles. The van der Waals surface area contributed by atoms with Crippen LogP contribution in [0.4, 0.5) is 4.79 Å². The number of ether oxygens (including phenoxy) is 1. The average molecular weight is 299 g/mol. The summed E-state index contributed by atoms with van der Waals surface area (Å²) in [6, 6.07) is 7.08. The molecule has 1 N–H and O–H groups in total. The van der Waals surface area contributed by atoms with Gasteiger partial charge in [-0.15, -0.1) is 0 Å². The average Bonchev–Trinajstić information content (AvgIpc) is 3.03. The van der Waals surface area contributed by atoms with Gasteiger partial charge in [0.15, 0.2) is 5.75 Å². The lowest BCUT2D eigenvalue weighted by Crippen LogP contribution is -2.17. The maximum atomic E-state index is 12.3. The van der Waals surface area contributed by atoms with Crippen LogP contribution in [0.3, 0.4) is 0 Å². The first kappa shape index (κ1) is 13.9. The number of carboxylic acid groups (broad SMARTS) is 1. The zero-order chi connectivity index (χ0) is 15.7. The Morgan fingerprint density at radius 3 is 2.68 bits per heavy atom. The third-order valence-corrected chi connectivity index (χ3v) is 3.28. The number of fused-ring (bicyclic) bond motifs is 1. The summed E-state index contributed by atoms with van der Waals surface area (Å²) in [7, 11) is 0. The first-order valence-corrected chi connectivity index (χ1v) is 6.68. The van der Waals surface area contributed by atoms with E-state index in [-0.39, 0.29) is 5.75 Å². The van der Waals surface area contributed by atoms with Crippen molar-refractivity contribution >= 4 is 17.2 Å². The molecule has 7 nitrogen and oxygen atoms in total. The van der Waals surface area contributed by atoms with Crippen molar-refractivity contribution in [1.82, 2.24) is 14.1 Å². The van der Waals surface area contributed by atoms with E-state index in [0.29, 0.717) is 23.4 Å². The molecule has 0 amide bonds. The van der Waals surface area contributed by atoms with Crippen LogP contribution in [0.5, 0.6) is 5.75 Å². The third-order valence-electron chi connectivity index (χ3n) is 3.28. The van der Waals surface area contributed by atoms with E-state index in [1.807, 2.05) is 36.0 Å². The highest BCUT2D eigenvalue weighted by Gasteiger charge is 2.14. The van der Waals surface area contributed by atoms with Crippen LogP contribution in [0.1, 0.15) is 6.92 Å². The van der Waals surface area contributed by atoms with Gasteiger partial charge < -0.3 is 19.0 Å². The van der Waals surface area contributed by atoms with Crippen molar-refractivity contribution in [3.05, 3.63) is 53.1 Å². The molecule has 0 spiro atoms. The molecule has 0 fully saturated rings. The normalized spacial score (nSPS) is 10.8. The number of pyridine rings is 2. The van der Waals surface area contributed by atoms with E-state index < -0.39 is 11.6 Å². The molecular formula is C15H13N3O4. The van der Waals surface area contributed by atoms with E-state index in [4.69, 9.17) is 5.11 Å². The monoisotopic (exact) mass is 299 g/mol. The van der Waals surface area contributed by atoms with Gasteiger partial charge in [0.2, 0.25) is 5.43 Å². The molecule has 3 rings (SSSR count). The van der Waals surface area contributed by atoms with Crippen molar-refractivity contribution in [2.45, 2.75) is 13.5 Å². The van der Waals surface area contributed by atoms with Gasteiger partial charge in [0.25, 0.3) is 0 Å². The lowest BCUT2D eigenvalue weighted by Gasteiger charge is -2.11. The van der Waals surface area contributed by atoms with Crippen LogP contribution < -0.4 is 10.2 Å². The first-order chi connectivity index (χ1) is 10.6. The van der Waals surface area contributed by atoms with Gasteiger partial charge in [-0.2, -0.15) is 0 Å². The lowest BCUT2D eigenvalue weighted by molar-refractivity contribution is 0.144. The van der Waals surface area contributed by atoms with Gasteiger partial charge in [-0.1, -0.05) is 0 Å². The van der Waals surface area contributed by atoms with Crippen LogP contribution in [-0.4, -0.2) is 25.4 Å². The summed E-state index contributed by atoms with van der Waals surface area (Å²) < 4.78 is 8.06. The summed E-state index contributed by atoms with van der Waals surface area (Å²) in [5, 5.41) is 9.02. The van der Waals surface area contributed by atoms with Gasteiger partial charge in [0.05, 0.1) is 11.6 Å². The van der Waals surface area contributed by atoms with Crippen molar-refractivity contribution in [1.29, 1.82) is 0 Å². The SMILES string of the molecule is CCn1cc(OC(=O)O)c(=O)c2ccc(-n3cccc3)nc21. The van der Waals surface area contributed by atoms with Crippen LogP contribution in [0.2, 0.25) is 0 Å². The fraction of sp³-hybridized carbons (Fsp3) is 0.133. The van der Waals surface area contributed by atoms with Gasteiger partial charge >= 0.3 is 6.16 Å². The smallest absolute Gasteiger partial charge is 0.449 e. The molecule has 112 valence electrons.